The lowest BCUT2D eigenvalue weighted by molar-refractivity contribution is -0.120. The first-order valence-corrected chi connectivity index (χ1v) is 7.91. The number of aryl methyl sites for hydroxylation is 1. The molecular formula is C16H19FN2OS. The molecule has 0 atom stereocenters. The van der Waals surface area contributed by atoms with E-state index < -0.39 is 0 Å². The molecule has 3 nitrogen and oxygen atoms in total. The molecule has 0 aliphatic rings. The Bertz CT molecular complexity index is 618. The number of nitrogens with one attached hydrogen (secondary N) is 1. The standard InChI is InChI=1S/C16H19FN2OS/c1-4-11(5-2)15(20)19-16-18-14(10(3)21-16)12-6-8-13(17)9-7-12/h6-9,11H,4-5H2,1-3H3,(H,18,19,20). The second kappa shape index (κ2) is 6.80. The van der Waals surface area contributed by atoms with Gasteiger partial charge in [0.05, 0.1) is 5.69 Å². The predicted octanol–water partition coefficient (Wildman–Crippen LogP) is 4.63. The van der Waals surface area contributed by atoms with Crippen LogP contribution in [0.2, 0.25) is 0 Å². The van der Waals surface area contributed by atoms with E-state index in [1.54, 1.807) is 12.1 Å². The lowest BCUT2D eigenvalue weighted by atomic mass is 10.0. The summed E-state index contributed by atoms with van der Waals surface area (Å²) in [7, 11) is 0. The van der Waals surface area contributed by atoms with Crippen LogP contribution in [0.3, 0.4) is 0 Å². The fraction of sp³-hybridized carbons (Fsp3) is 0.375. The molecule has 0 saturated carbocycles. The van der Waals surface area contributed by atoms with Gasteiger partial charge >= 0.3 is 0 Å². The van der Waals surface area contributed by atoms with Crippen LogP contribution < -0.4 is 5.32 Å². The molecule has 0 bridgehead atoms. The van der Waals surface area contributed by atoms with E-state index in [1.165, 1.54) is 23.5 Å². The smallest absolute Gasteiger partial charge is 0.229 e. The van der Waals surface area contributed by atoms with Crippen molar-refractivity contribution in [1.82, 2.24) is 4.98 Å². The summed E-state index contributed by atoms with van der Waals surface area (Å²) in [6.45, 7) is 5.96. The van der Waals surface area contributed by atoms with E-state index in [9.17, 15) is 9.18 Å². The van der Waals surface area contributed by atoms with Crippen molar-refractivity contribution in [2.45, 2.75) is 33.6 Å². The minimum Gasteiger partial charge on any atom is -0.302 e. The van der Waals surface area contributed by atoms with E-state index in [0.29, 0.717) is 5.13 Å². The number of benzene rings is 1. The van der Waals surface area contributed by atoms with Crippen molar-refractivity contribution in [2.75, 3.05) is 5.32 Å². The van der Waals surface area contributed by atoms with Crippen molar-refractivity contribution < 1.29 is 9.18 Å². The average molecular weight is 306 g/mol. The Morgan fingerprint density at radius 1 is 1.29 bits per heavy atom. The predicted molar refractivity (Wildman–Crippen MR) is 84.9 cm³/mol. The van der Waals surface area contributed by atoms with Crippen LogP contribution >= 0.6 is 11.3 Å². The minimum absolute atomic E-state index is 0.0133. The number of rotatable bonds is 5. The number of anilines is 1. The van der Waals surface area contributed by atoms with Crippen molar-refractivity contribution in [1.29, 1.82) is 0 Å². The van der Waals surface area contributed by atoms with Gasteiger partial charge in [-0.25, -0.2) is 9.37 Å². The summed E-state index contributed by atoms with van der Waals surface area (Å²) in [4.78, 5) is 17.5. The molecule has 2 aromatic rings. The van der Waals surface area contributed by atoms with Gasteiger partial charge in [0, 0.05) is 16.4 Å². The number of hydrogen-bond donors (Lipinski definition) is 1. The highest BCUT2D eigenvalue weighted by molar-refractivity contribution is 7.16. The second-order valence-electron chi connectivity index (χ2n) is 4.93. The summed E-state index contributed by atoms with van der Waals surface area (Å²) in [5, 5.41) is 3.48. The molecule has 1 amide bonds. The Morgan fingerprint density at radius 2 is 1.90 bits per heavy atom. The number of carbonyl (C=O) groups excluding carboxylic acids is 1. The molecule has 0 aliphatic heterocycles. The summed E-state index contributed by atoms with van der Waals surface area (Å²) < 4.78 is 13.0. The molecule has 0 spiro atoms. The van der Waals surface area contributed by atoms with Gasteiger partial charge in [-0.15, -0.1) is 11.3 Å². The Hall–Kier alpha value is -1.75. The fourth-order valence-electron chi connectivity index (χ4n) is 2.19. The van der Waals surface area contributed by atoms with Crippen molar-refractivity contribution in [3.8, 4) is 11.3 Å². The molecule has 1 aromatic heterocycles. The number of halogens is 1. The van der Waals surface area contributed by atoms with Crippen LogP contribution in [0.15, 0.2) is 24.3 Å². The van der Waals surface area contributed by atoms with Gasteiger partial charge in [-0.3, -0.25) is 4.79 Å². The molecule has 0 unspecified atom stereocenters. The highest BCUT2D eigenvalue weighted by atomic mass is 32.1. The van der Waals surface area contributed by atoms with Gasteiger partial charge in [0.1, 0.15) is 5.82 Å². The van der Waals surface area contributed by atoms with Crippen LogP contribution in [-0.2, 0) is 4.79 Å². The molecule has 112 valence electrons. The van der Waals surface area contributed by atoms with Crippen molar-refractivity contribution >= 4 is 22.4 Å². The lowest BCUT2D eigenvalue weighted by Crippen LogP contribution is -2.21. The summed E-state index contributed by atoms with van der Waals surface area (Å²) in [5.74, 6) is -0.239. The van der Waals surface area contributed by atoms with Crippen LogP contribution in [0.25, 0.3) is 11.3 Å². The van der Waals surface area contributed by atoms with Gasteiger partial charge in [0.2, 0.25) is 5.91 Å². The topological polar surface area (TPSA) is 42.0 Å². The summed E-state index contributed by atoms with van der Waals surface area (Å²) in [5.41, 5.74) is 1.65. The molecule has 1 N–H and O–H groups in total. The zero-order chi connectivity index (χ0) is 15.4. The van der Waals surface area contributed by atoms with E-state index in [4.69, 9.17) is 0 Å². The highest BCUT2D eigenvalue weighted by Crippen LogP contribution is 2.30. The van der Waals surface area contributed by atoms with Crippen LogP contribution in [0, 0.1) is 18.7 Å². The molecular weight excluding hydrogens is 287 g/mol. The Balaban J connectivity index is 2.19. The van der Waals surface area contributed by atoms with Gasteiger partial charge in [0.15, 0.2) is 5.13 Å². The van der Waals surface area contributed by atoms with Gasteiger partial charge < -0.3 is 5.32 Å². The van der Waals surface area contributed by atoms with Gasteiger partial charge in [-0.2, -0.15) is 0 Å². The van der Waals surface area contributed by atoms with E-state index >= 15 is 0 Å². The van der Waals surface area contributed by atoms with Crippen molar-refractivity contribution in [2.24, 2.45) is 5.92 Å². The first-order chi connectivity index (χ1) is 10.0. The summed E-state index contributed by atoms with van der Waals surface area (Å²) >= 11 is 1.44. The maximum absolute atomic E-state index is 13.0. The Morgan fingerprint density at radius 3 is 2.48 bits per heavy atom. The SMILES string of the molecule is CCC(CC)C(=O)Nc1nc(-c2ccc(F)cc2)c(C)s1. The molecule has 0 radical (unpaired) electrons. The fourth-order valence-corrected chi connectivity index (χ4v) is 3.03. The first kappa shape index (κ1) is 15.6. The van der Waals surface area contributed by atoms with E-state index in [2.05, 4.69) is 10.3 Å². The minimum atomic E-state index is -0.270. The van der Waals surface area contributed by atoms with Crippen LogP contribution in [0.4, 0.5) is 9.52 Å². The third kappa shape index (κ3) is 3.67. The van der Waals surface area contributed by atoms with Gasteiger partial charge in [-0.1, -0.05) is 13.8 Å². The zero-order valence-electron chi connectivity index (χ0n) is 12.4. The molecule has 5 heteroatoms. The average Bonchev–Trinajstić information content (AvgIpc) is 2.81. The number of hydrogen-bond acceptors (Lipinski definition) is 3. The molecule has 1 heterocycles. The second-order valence-corrected chi connectivity index (χ2v) is 6.14. The largest absolute Gasteiger partial charge is 0.302 e. The Kier molecular flexibility index (Phi) is 5.07. The summed E-state index contributed by atoms with van der Waals surface area (Å²) in [6, 6.07) is 6.22. The van der Waals surface area contributed by atoms with Gasteiger partial charge in [0.25, 0.3) is 0 Å². The molecule has 0 fully saturated rings. The molecule has 0 aliphatic carbocycles. The molecule has 21 heavy (non-hydrogen) atoms. The number of aromatic nitrogens is 1. The van der Waals surface area contributed by atoms with Crippen LogP contribution in [0.5, 0.6) is 0 Å². The quantitative estimate of drug-likeness (QED) is 0.875. The zero-order valence-corrected chi connectivity index (χ0v) is 13.3. The van der Waals surface area contributed by atoms with E-state index in [0.717, 1.165) is 29.0 Å². The molecule has 1 aromatic carbocycles. The van der Waals surface area contributed by atoms with E-state index in [-0.39, 0.29) is 17.6 Å². The molecule has 2 rings (SSSR count). The number of nitrogens with zero attached hydrogens (tertiary/aromatic N) is 1. The number of thiazole rings is 1. The third-order valence-electron chi connectivity index (χ3n) is 3.50. The first-order valence-electron chi connectivity index (χ1n) is 7.09. The van der Waals surface area contributed by atoms with Crippen LogP contribution in [0.1, 0.15) is 31.6 Å². The van der Waals surface area contributed by atoms with Gasteiger partial charge in [-0.05, 0) is 44.0 Å². The van der Waals surface area contributed by atoms with E-state index in [1.807, 2.05) is 20.8 Å². The highest BCUT2D eigenvalue weighted by Gasteiger charge is 2.17. The summed E-state index contributed by atoms with van der Waals surface area (Å²) in [6.07, 6.45) is 1.63. The number of carbonyl (C=O) groups is 1. The van der Waals surface area contributed by atoms with Crippen molar-refractivity contribution in [3.05, 3.63) is 35.0 Å². The normalized spacial score (nSPS) is 10.9. The monoisotopic (exact) mass is 306 g/mol. The maximum atomic E-state index is 13.0. The van der Waals surface area contributed by atoms with Crippen molar-refractivity contribution in [3.63, 3.8) is 0 Å². The molecule has 0 saturated heterocycles. The Labute approximate surface area is 128 Å². The lowest BCUT2D eigenvalue weighted by Gasteiger charge is -2.10. The maximum Gasteiger partial charge on any atom is 0.229 e. The van der Waals surface area contributed by atoms with Crippen LogP contribution in [-0.4, -0.2) is 10.9 Å². The third-order valence-corrected chi connectivity index (χ3v) is 4.39. The number of amides is 1.